The largest absolute Gasteiger partial charge is 0.487 e. The first-order valence-corrected chi connectivity index (χ1v) is 10.8. The third-order valence-electron chi connectivity index (χ3n) is 4.85. The van der Waals surface area contributed by atoms with Crippen LogP contribution in [-0.2, 0) is 16.1 Å². The second-order valence-corrected chi connectivity index (χ2v) is 7.92. The highest BCUT2D eigenvalue weighted by atomic mass is 19.4. The molecule has 38 heavy (non-hydrogen) atoms. The van der Waals surface area contributed by atoms with E-state index in [1.807, 2.05) is 0 Å². The van der Waals surface area contributed by atoms with Crippen molar-refractivity contribution in [2.45, 2.75) is 18.7 Å². The van der Waals surface area contributed by atoms with Crippen LogP contribution in [0.25, 0.3) is 6.08 Å². The number of hydrogen-bond acceptors (Lipinski definition) is 7. The predicted molar refractivity (Wildman–Crippen MR) is 128 cm³/mol. The number of ether oxygens (including phenoxy) is 3. The molecule has 0 saturated carbocycles. The zero-order chi connectivity index (χ0) is 27.9. The number of halogens is 5. The highest BCUT2D eigenvalue weighted by Crippen LogP contribution is 2.35. The van der Waals surface area contributed by atoms with Gasteiger partial charge in [-0.2, -0.15) is 22.0 Å². The number of esters is 2. The lowest BCUT2D eigenvalue weighted by Gasteiger charge is -2.19. The number of alkyl halides is 5. The summed E-state index contributed by atoms with van der Waals surface area (Å²) in [6.45, 7) is -1.91. The second-order valence-electron chi connectivity index (χ2n) is 7.92. The Hall–Kier alpha value is -4.61. The quantitative estimate of drug-likeness (QED) is 0.124. The van der Waals surface area contributed by atoms with E-state index in [9.17, 15) is 31.5 Å². The van der Waals surface area contributed by atoms with Gasteiger partial charge in [0.05, 0.1) is 5.56 Å². The van der Waals surface area contributed by atoms with E-state index in [-0.39, 0.29) is 23.7 Å². The lowest BCUT2D eigenvalue weighted by molar-refractivity contribution is -0.290. The summed E-state index contributed by atoms with van der Waals surface area (Å²) in [5.74, 6) is -6.53. The van der Waals surface area contributed by atoms with E-state index in [0.717, 1.165) is 24.3 Å². The Morgan fingerprint density at radius 2 is 1.39 bits per heavy atom. The minimum absolute atomic E-state index is 0.00794. The van der Waals surface area contributed by atoms with Gasteiger partial charge in [-0.25, -0.2) is 9.59 Å². The van der Waals surface area contributed by atoms with Crippen LogP contribution < -0.4 is 20.9 Å². The lowest BCUT2D eigenvalue weighted by atomic mass is 10.2. The molecule has 0 fully saturated rings. The normalized spacial score (nSPS) is 11.8. The number of nitrogen functional groups attached to an aromatic ring is 2. The molecule has 0 aliphatic rings. The van der Waals surface area contributed by atoms with Gasteiger partial charge < -0.3 is 25.7 Å². The number of rotatable bonds is 9. The summed E-state index contributed by atoms with van der Waals surface area (Å²) in [5.41, 5.74) is 13.5. The molecule has 200 valence electrons. The van der Waals surface area contributed by atoms with Gasteiger partial charge in [0.2, 0.25) is 0 Å². The molecule has 0 unspecified atom stereocenters. The minimum atomic E-state index is -5.74. The first-order chi connectivity index (χ1) is 17.8. The lowest BCUT2D eigenvalue weighted by Crippen LogP contribution is -2.41. The molecule has 0 atom stereocenters. The zero-order valence-electron chi connectivity index (χ0n) is 19.5. The van der Waals surface area contributed by atoms with Gasteiger partial charge in [-0.15, -0.1) is 0 Å². The maximum atomic E-state index is 12.9. The van der Waals surface area contributed by atoms with Gasteiger partial charge in [0.25, 0.3) is 0 Å². The van der Waals surface area contributed by atoms with E-state index < -0.39 is 30.6 Å². The molecule has 12 heteroatoms. The molecule has 0 radical (unpaired) electrons. The number of carbonyl (C=O) groups excluding carboxylic acids is 2. The molecule has 0 bridgehead atoms. The Balaban J connectivity index is 1.49. The third kappa shape index (κ3) is 7.95. The Kier molecular flexibility index (Phi) is 8.56. The van der Waals surface area contributed by atoms with Gasteiger partial charge >= 0.3 is 24.0 Å². The maximum Gasteiger partial charge on any atom is 0.456 e. The average molecular weight is 536 g/mol. The monoisotopic (exact) mass is 536 g/mol. The molecule has 0 aliphatic carbocycles. The van der Waals surface area contributed by atoms with Crippen LogP contribution in [0.1, 0.15) is 21.5 Å². The summed E-state index contributed by atoms with van der Waals surface area (Å²) in [5, 5.41) is 0. The number of hydrogen-bond donors (Lipinski definition) is 2. The average Bonchev–Trinajstić information content (AvgIpc) is 2.85. The van der Waals surface area contributed by atoms with Crippen LogP contribution in [0.3, 0.4) is 0 Å². The summed E-state index contributed by atoms with van der Waals surface area (Å²) in [7, 11) is 0. The van der Waals surface area contributed by atoms with Crippen molar-refractivity contribution in [1.82, 2.24) is 0 Å². The topological polar surface area (TPSA) is 114 Å². The van der Waals surface area contributed by atoms with Gasteiger partial charge in [-0.3, -0.25) is 0 Å². The molecule has 7 nitrogen and oxygen atoms in total. The molecule has 0 heterocycles. The Bertz CT molecular complexity index is 1290. The van der Waals surface area contributed by atoms with Crippen molar-refractivity contribution in [2.75, 3.05) is 18.1 Å². The van der Waals surface area contributed by atoms with Crippen LogP contribution in [0.5, 0.6) is 11.5 Å². The third-order valence-corrected chi connectivity index (χ3v) is 4.85. The van der Waals surface area contributed by atoms with Crippen molar-refractivity contribution < 1.29 is 45.8 Å². The number of benzene rings is 3. The van der Waals surface area contributed by atoms with E-state index in [1.165, 1.54) is 24.3 Å². The van der Waals surface area contributed by atoms with E-state index in [4.69, 9.17) is 20.9 Å². The van der Waals surface area contributed by atoms with Crippen LogP contribution in [0.2, 0.25) is 0 Å². The first-order valence-electron chi connectivity index (χ1n) is 10.8. The fourth-order valence-electron chi connectivity index (χ4n) is 2.95. The molecular formula is C26H21F5N2O5. The molecule has 0 aromatic heterocycles. The molecule has 3 aromatic rings. The summed E-state index contributed by atoms with van der Waals surface area (Å²) in [4.78, 5) is 24.2. The Morgan fingerprint density at radius 3 is 1.97 bits per heavy atom. The van der Waals surface area contributed by atoms with Crippen LogP contribution in [-0.4, -0.2) is 30.6 Å². The summed E-state index contributed by atoms with van der Waals surface area (Å²) < 4.78 is 77.3. The van der Waals surface area contributed by atoms with Crippen molar-refractivity contribution in [3.8, 4) is 11.5 Å². The molecule has 4 N–H and O–H groups in total. The second kappa shape index (κ2) is 11.6. The molecule has 3 aromatic carbocycles. The number of carbonyl (C=O) groups is 2. The van der Waals surface area contributed by atoms with Gasteiger partial charge in [0.15, 0.2) is 6.61 Å². The Morgan fingerprint density at radius 1 is 0.816 bits per heavy atom. The van der Waals surface area contributed by atoms with Crippen molar-refractivity contribution in [3.63, 3.8) is 0 Å². The van der Waals surface area contributed by atoms with Crippen molar-refractivity contribution in [3.05, 3.63) is 89.5 Å². The van der Waals surface area contributed by atoms with Gasteiger partial charge in [-0.1, -0.05) is 12.1 Å². The standard InChI is InChI=1S/C26H21F5N2O5/c27-25(28,26(29,30)31)15-37-21-8-4-18(5-9-21)24(35)38-22-6-1-16(2-7-22)3-10-23(34)36-14-17-11-19(32)13-20(33)12-17/h1-13H,14-15,32-33H2/b10-3+. The smallest absolute Gasteiger partial charge is 0.456 e. The highest BCUT2D eigenvalue weighted by molar-refractivity contribution is 5.91. The van der Waals surface area contributed by atoms with Crippen LogP contribution in [0.15, 0.2) is 72.8 Å². The molecule has 3 rings (SSSR count). The number of nitrogens with two attached hydrogens (primary N) is 2. The van der Waals surface area contributed by atoms with E-state index in [1.54, 1.807) is 30.3 Å². The molecule has 0 spiro atoms. The van der Waals surface area contributed by atoms with Crippen LogP contribution in [0, 0.1) is 0 Å². The van der Waals surface area contributed by atoms with Gasteiger partial charge in [0.1, 0.15) is 18.1 Å². The van der Waals surface area contributed by atoms with Crippen LogP contribution >= 0.6 is 0 Å². The fourth-order valence-corrected chi connectivity index (χ4v) is 2.95. The SMILES string of the molecule is Nc1cc(N)cc(COC(=O)/C=C/c2ccc(OC(=O)c3ccc(OCC(F)(F)C(F)(F)F)cc3)cc2)c1. The maximum absolute atomic E-state index is 12.9. The highest BCUT2D eigenvalue weighted by Gasteiger charge is 2.58. The summed E-state index contributed by atoms with van der Waals surface area (Å²) >= 11 is 0. The Labute approximate surface area is 213 Å². The van der Waals surface area contributed by atoms with E-state index in [0.29, 0.717) is 22.5 Å². The van der Waals surface area contributed by atoms with Gasteiger partial charge in [-0.05, 0) is 71.8 Å². The van der Waals surface area contributed by atoms with Gasteiger partial charge in [0, 0.05) is 17.5 Å². The molecule has 0 aliphatic heterocycles. The molecule has 0 saturated heterocycles. The van der Waals surface area contributed by atoms with Crippen molar-refractivity contribution >= 4 is 29.4 Å². The van der Waals surface area contributed by atoms with E-state index in [2.05, 4.69) is 4.74 Å². The van der Waals surface area contributed by atoms with Crippen LogP contribution in [0.4, 0.5) is 33.3 Å². The predicted octanol–water partition coefficient (Wildman–Crippen LogP) is 5.40. The van der Waals surface area contributed by atoms with Crippen molar-refractivity contribution in [1.29, 1.82) is 0 Å². The fraction of sp³-hybridized carbons (Fsp3) is 0.154. The molecular weight excluding hydrogens is 515 g/mol. The summed E-state index contributed by atoms with van der Waals surface area (Å²) in [6, 6.07) is 15.4. The summed E-state index contributed by atoms with van der Waals surface area (Å²) in [6.07, 6.45) is -3.04. The zero-order valence-corrected chi connectivity index (χ0v) is 19.5. The molecule has 0 amide bonds. The first kappa shape index (κ1) is 28.0. The van der Waals surface area contributed by atoms with E-state index >= 15 is 0 Å². The minimum Gasteiger partial charge on any atom is -0.487 e. The number of anilines is 2. The van der Waals surface area contributed by atoms with Crippen molar-refractivity contribution in [2.24, 2.45) is 0 Å².